The molecule has 3 fully saturated rings. The number of rotatable bonds is 1. The average molecular weight is 278 g/mol. The summed E-state index contributed by atoms with van der Waals surface area (Å²) >= 11 is 0. The molecular formula is C16H23FN2O. The van der Waals surface area contributed by atoms with Gasteiger partial charge in [-0.3, -0.25) is 0 Å². The molecule has 3 rings (SSSR count). The van der Waals surface area contributed by atoms with Crippen LogP contribution < -0.4 is 5.32 Å². The number of piperidine rings is 1. The van der Waals surface area contributed by atoms with E-state index in [0.29, 0.717) is 18.8 Å². The van der Waals surface area contributed by atoms with Crippen molar-refractivity contribution in [3.8, 4) is 12.3 Å². The van der Waals surface area contributed by atoms with Crippen LogP contribution in [0.2, 0.25) is 0 Å². The second kappa shape index (κ2) is 5.63. The molecule has 2 heterocycles. The molecular weight excluding hydrogens is 255 g/mol. The number of carbonyl (C=O) groups excluding carboxylic acids is 1. The lowest BCUT2D eigenvalue weighted by molar-refractivity contribution is 0.0999. The fourth-order valence-corrected chi connectivity index (χ4v) is 4.10. The summed E-state index contributed by atoms with van der Waals surface area (Å²) in [7, 11) is 0. The van der Waals surface area contributed by atoms with Crippen molar-refractivity contribution in [3.63, 3.8) is 0 Å². The Morgan fingerprint density at radius 3 is 2.25 bits per heavy atom. The van der Waals surface area contributed by atoms with Gasteiger partial charge in [0.2, 0.25) is 0 Å². The summed E-state index contributed by atoms with van der Waals surface area (Å²) in [5.41, 5.74) is 0. The first kappa shape index (κ1) is 13.7. The topological polar surface area (TPSA) is 32.3 Å². The van der Waals surface area contributed by atoms with E-state index < -0.39 is 6.17 Å². The number of hydrogen-bond acceptors (Lipinski definition) is 1. The fraction of sp³-hybridized carbons (Fsp3) is 0.812. The van der Waals surface area contributed by atoms with Crippen molar-refractivity contribution in [1.82, 2.24) is 10.2 Å². The van der Waals surface area contributed by atoms with Gasteiger partial charge in [-0.05, 0) is 51.4 Å². The van der Waals surface area contributed by atoms with Gasteiger partial charge in [0.15, 0.2) is 0 Å². The second-order valence-corrected chi connectivity index (χ2v) is 6.53. The molecule has 2 bridgehead atoms. The number of nitrogens with zero attached hydrogens (tertiary/aromatic N) is 1. The molecule has 2 amide bonds. The summed E-state index contributed by atoms with van der Waals surface area (Å²) in [5, 5.41) is 3.14. The van der Waals surface area contributed by atoms with E-state index in [2.05, 4.69) is 11.2 Å². The van der Waals surface area contributed by atoms with Crippen LogP contribution in [0.5, 0.6) is 0 Å². The Kier molecular flexibility index (Phi) is 3.87. The number of alkyl halides is 1. The smallest absolute Gasteiger partial charge is 0.318 e. The van der Waals surface area contributed by atoms with Gasteiger partial charge in [-0.1, -0.05) is 0 Å². The lowest BCUT2D eigenvalue weighted by Crippen LogP contribution is -2.53. The lowest BCUT2D eigenvalue weighted by atomic mass is 9.86. The minimum atomic E-state index is -0.720. The molecule has 3 nitrogen and oxygen atoms in total. The zero-order valence-corrected chi connectivity index (χ0v) is 11.9. The van der Waals surface area contributed by atoms with E-state index in [1.165, 1.54) is 0 Å². The third-order valence-corrected chi connectivity index (χ3v) is 5.20. The monoisotopic (exact) mass is 278 g/mol. The summed E-state index contributed by atoms with van der Waals surface area (Å²) < 4.78 is 13.5. The van der Waals surface area contributed by atoms with Gasteiger partial charge < -0.3 is 10.2 Å². The van der Waals surface area contributed by atoms with Crippen LogP contribution in [0.4, 0.5) is 9.18 Å². The number of nitrogens with one attached hydrogen (secondary N) is 1. The van der Waals surface area contributed by atoms with E-state index in [9.17, 15) is 9.18 Å². The lowest BCUT2D eigenvalue weighted by Gasteiger charge is -2.38. The summed E-state index contributed by atoms with van der Waals surface area (Å²) in [4.78, 5) is 14.4. The molecule has 3 atom stereocenters. The molecule has 4 heteroatoms. The molecule has 2 aliphatic heterocycles. The normalized spacial score (nSPS) is 40.2. The fourth-order valence-electron chi connectivity index (χ4n) is 4.10. The number of terminal acetylenes is 1. The van der Waals surface area contributed by atoms with Crippen LogP contribution in [0, 0.1) is 18.3 Å². The highest BCUT2D eigenvalue weighted by Gasteiger charge is 2.43. The van der Waals surface area contributed by atoms with E-state index >= 15 is 0 Å². The van der Waals surface area contributed by atoms with Crippen molar-refractivity contribution in [2.24, 2.45) is 5.92 Å². The Balaban J connectivity index is 1.54. The predicted molar refractivity (Wildman–Crippen MR) is 75.9 cm³/mol. The zero-order chi connectivity index (χ0) is 14.1. The number of carbonyl (C=O) groups is 1. The highest BCUT2D eigenvalue weighted by molar-refractivity contribution is 5.75. The first-order valence-corrected chi connectivity index (χ1v) is 7.86. The molecule has 3 aliphatic rings. The Hall–Kier alpha value is -1.24. The van der Waals surface area contributed by atoms with Crippen molar-refractivity contribution >= 4 is 6.03 Å². The van der Waals surface area contributed by atoms with Gasteiger partial charge in [-0.2, -0.15) is 0 Å². The zero-order valence-electron chi connectivity index (χ0n) is 11.9. The van der Waals surface area contributed by atoms with Gasteiger partial charge in [-0.25, -0.2) is 9.18 Å². The van der Waals surface area contributed by atoms with E-state index in [-0.39, 0.29) is 24.2 Å². The molecule has 0 spiro atoms. The van der Waals surface area contributed by atoms with Crippen LogP contribution in [-0.4, -0.2) is 35.2 Å². The molecule has 1 aliphatic carbocycles. The highest BCUT2D eigenvalue weighted by Crippen LogP contribution is 2.37. The Morgan fingerprint density at radius 1 is 1.10 bits per heavy atom. The van der Waals surface area contributed by atoms with Crippen LogP contribution in [0.25, 0.3) is 0 Å². The standard InChI is InChI=1S/C16H23FN2O/c1-2-11-3-5-13(6-4-11)18-16(20)19-14-7-8-15(19)10-12(17)9-14/h1,11-15H,3-10H2,(H,18,20)/t11?,12?,13?,14-,15+. The summed E-state index contributed by atoms with van der Waals surface area (Å²) in [6.07, 6.45) is 11.6. The van der Waals surface area contributed by atoms with Crippen molar-refractivity contribution in [1.29, 1.82) is 0 Å². The number of urea groups is 1. The minimum Gasteiger partial charge on any atom is -0.335 e. The third kappa shape index (κ3) is 2.63. The van der Waals surface area contributed by atoms with Gasteiger partial charge in [0, 0.05) is 24.0 Å². The molecule has 0 radical (unpaired) electrons. The van der Waals surface area contributed by atoms with Crippen molar-refractivity contribution in [2.45, 2.75) is 75.7 Å². The molecule has 0 aromatic heterocycles. The van der Waals surface area contributed by atoms with Crippen LogP contribution >= 0.6 is 0 Å². The Labute approximate surface area is 120 Å². The first-order chi connectivity index (χ1) is 9.67. The molecule has 20 heavy (non-hydrogen) atoms. The van der Waals surface area contributed by atoms with E-state index in [1.807, 2.05) is 4.90 Å². The molecule has 110 valence electrons. The van der Waals surface area contributed by atoms with E-state index in [0.717, 1.165) is 38.5 Å². The molecule has 2 saturated heterocycles. The number of halogens is 1. The Morgan fingerprint density at radius 2 is 1.70 bits per heavy atom. The van der Waals surface area contributed by atoms with Crippen molar-refractivity contribution in [2.75, 3.05) is 0 Å². The van der Waals surface area contributed by atoms with E-state index in [1.54, 1.807) is 0 Å². The first-order valence-electron chi connectivity index (χ1n) is 7.86. The van der Waals surface area contributed by atoms with Crippen molar-refractivity contribution in [3.05, 3.63) is 0 Å². The third-order valence-electron chi connectivity index (χ3n) is 5.20. The van der Waals surface area contributed by atoms with Gasteiger partial charge >= 0.3 is 6.03 Å². The number of amides is 2. The van der Waals surface area contributed by atoms with Crippen LogP contribution in [-0.2, 0) is 0 Å². The molecule has 0 aromatic carbocycles. The van der Waals surface area contributed by atoms with Gasteiger partial charge in [0.25, 0.3) is 0 Å². The largest absolute Gasteiger partial charge is 0.335 e. The van der Waals surface area contributed by atoms with Crippen LogP contribution in [0.1, 0.15) is 51.4 Å². The van der Waals surface area contributed by atoms with Crippen molar-refractivity contribution < 1.29 is 9.18 Å². The molecule has 1 N–H and O–H groups in total. The SMILES string of the molecule is C#CC1CCC(NC(=O)N2[C@@H]3CC[C@H]2CC(F)C3)CC1. The van der Waals surface area contributed by atoms with Gasteiger partial charge in [-0.15, -0.1) is 12.3 Å². The maximum atomic E-state index is 13.5. The van der Waals surface area contributed by atoms with Crippen LogP contribution in [0.3, 0.4) is 0 Å². The molecule has 0 aromatic rings. The minimum absolute atomic E-state index is 0.0218. The number of fused-ring (bicyclic) bond motifs is 2. The average Bonchev–Trinajstić information content (AvgIpc) is 2.72. The highest BCUT2D eigenvalue weighted by atomic mass is 19.1. The predicted octanol–water partition coefficient (Wildman–Crippen LogP) is 2.85. The maximum Gasteiger partial charge on any atom is 0.318 e. The summed E-state index contributed by atoms with van der Waals surface area (Å²) in [5.74, 6) is 3.18. The number of hydrogen-bond donors (Lipinski definition) is 1. The quantitative estimate of drug-likeness (QED) is 0.735. The summed E-state index contributed by atoms with van der Waals surface area (Å²) in [6, 6.07) is 0.500. The Bertz CT molecular complexity index is 397. The summed E-state index contributed by atoms with van der Waals surface area (Å²) in [6.45, 7) is 0. The van der Waals surface area contributed by atoms with Gasteiger partial charge in [0.05, 0.1) is 0 Å². The van der Waals surface area contributed by atoms with E-state index in [4.69, 9.17) is 6.42 Å². The van der Waals surface area contributed by atoms with Crippen LogP contribution in [0.15, 0.2) is 0 Å². The second-order valence-electron chi connectivity index (χ2n) is 6.53. The maximum absolute atomic E-state index is 13.5. The van der Waals surface area contributed by atoms with Gasteiger partial charge in [0.1, 0.15) is 6.17 Å². The molecule has 1 saturated carbocycles. The molecule has 1 unspecified atom stereocenters.